The smallest absolute Gasteiger partial charge is 0.321 e. The summed E-state index contributed by atoms with van der Waals surface area (Å²) >= 11 is 0. The standard InChI is InChI=1S/C12H16N2O3S/c1-2-18(16,17)11-8-14(9-11)12(15)13-10-6-4-3-5-7-10/h3-7,11H,2,8-9H2,1H3,(H,13,15). The number of para-hydroxylation sites is 1. The summed E-state index contributed by atoms with van der Waals surface area (Å²) in [6.45, 7) is 2.20. The Bertz CT molecular complexity index is 522. The Morgan fingerprint density at radius 2 is 1.94 bits per heavy atom. The molecule has 1 aliphatic heterocycles. The molecule has 1 aromatic carbocycles. The van der Waals surface area contributed by atoms with Gasteiger partial charge in [0, 0.05) is 24.5 Å². The molecule has 6 heteroatoms. The van der Waals surface area contributed by atoms with Crippen molar-refractivity contribution in [1.82, 2.24) is 4.90 Å². The molecule has 0 saturated carbocycles. The van der Waals surface area contributed by atoms with Gasteiger partial charge in [-0.2, -0.15) is 0 Å². The summed E-state index contributed by atoms with van der Waals surface area (Å²) in [6.07, 6.45) is 0. The van der Waals surface area contributed by atoms with Gasteiger partial charge < -0.3 is 10.2 Å². The number of rotatable bonds is 3. The van der Waals surface area contributed by atoms with Gasteiger partial charge in [0.2, 0.25) is 0 Å². The van der Waals surface area contributed by atoms with Crippen LogP contribution in [0.25, 0.3) is 0 Å². The van der Waals surface area contributed by atoms with E-state index in [2.05, 4.69) is 5.32 Å². The minimum absolute atomic E-state index is 0.131. The van der Waals surface area contributed by atoms with E-state index in [0.29, 0.717) is 5.69 Å². The minimum Gasteiger partial charge on any atom is -0.322 e. The summed E-state index contributed by atoms with van der Waals surface area (Å²) in [4.78, 5) is 13.3. The zero-order valence-corrected chi connectivity index (χ0v) is 11.0. The number of anilines is 1. The van der Waals surface area contributed by atoms with Crippen molar-refractivity contribution in [2.24, 2.45) is 0 Å². The number of amides is 2. The highest BCUT2D eigenvalue weighted by atomic mass is 32.2. The van der Waals surface area contributed by atoms with E-state index in [4.69, 9.17) is 0 Å². The molecule has 0 atom stereocenters. The van der Waals surface area contributed by atoms with Crippen LogP contribution < -0.4 is 5.32 Å². The highest BCUT2D eigenvalue weighted by molar-refractivity contribution is 7.92. The number of urea groups is 1. The Morgan fingerprint density at radius 3 is 2.50 bits per heavy atom. The molecule has 0 aliphatic carbocycles. The minimum atomic E-state index is -3.02. The van der Waals surface area contributed by atoms with Gasteiger partial charge in [-0.1, -0.05) is 25.1 Å². The first kappa shape index (κ1) is 12.9. The normalized spacial score (nSPS) is 16.2. The third kappa shape index (κ3) is 2.64. The van der Waals surface area contributed by atoms with E-state index in [1.165, 1.54) is 4.90 Å². The third-order valence-corrected chi connectivity index (χ3v) is 5.19. The average molecular weight is 268 g/mol. The Hall–Kier alpha value is -1.56. The van der Waals surface area contributed by atoms with Crippen molar-refractivity contribution >= 4 is 21.6 Å². The summed E-state index contributed by atoms with van der Waals surface area (Å²) in [5.74, 6) is 0.131. The summed E-state index contributed by atoms with van der Waals surface area (Å²) in [5, 5.41) is 2.33. The van der Waals surface area contributed by atoms with Crippen LogP contribution in [0.15, 0.2) is 30.3 Å². The molecule has 1 N–H and O–H groups in total. The van der Waals surface area contributed by atoms with E-state index in [-0.39, 0.29) is 24.9 Å². The SMILES string of the molecule is CCS(=O)(=O)C1CN(C(=O)Nc2ccccc2)C1. The van der Waals surface area contributed by atoms with Crippen molar-refractivity contribution in [3.8, 4) is 0 Å². The van der Waals surface area contributed by atoms with Crippen molar-refractivity contribution in [3.63, 3.8) is 0 Å². The number of carbonyl (C=O) groups excluding carboxylic acids is 1. The molecule has 0 aromatic heterocycles. The molecule has 1 fully saturated rings. The molecule has 1 heterocycles. The first-order chi connectivity index (χ1) is 8.53. The van der Waals surface area contributed by atoms with Crippen molar-refractivity contribution < 1.29 is 13.2 Å². The number of hydrogen-bond donors (Lipinski definition) is 1. The Kier molecular flexibility index (Phi) is 3.56. The number of nitrogens with one attached hydrogen (secondary N) is 1. The van der Waals surface area contributed by atoms with Crippen LogP contribution in [0, 0.1) is 0 Å². The molecule has 0 radical (unpaired) electrons. The zero-order chi connectivity index (χ0) is 13.2. The van der Waals surface area contributed by atoms with Gasteiger partial charge in [0.1, 0.15) is 0 Å². The van der Waals surface area contributed by atoms with E-state index in [1.54, 1.807) is 19.1 Å². The molecule has 5 nitrogen and oxygen atoms in total. The first-order valence-electron chi connectivity index (χ1n) is 5.85. The lowest BCUT2D eigenvalue weighted by Gasteiger charge is -2.38. The van der Waals surface area contributed by atoms with E-state index < -0.39 is 15.1 Å². The first-order valence-corrected chi connectivity index (χ1v) is 7.57. The Labute approximate surface area is 107 Å². The molecule has 0 spiro atoms. The molecule has 18 heavy (non-hydrogen) atoms. The predicted molar refractivity (Wildman–Crippen MR) is 70.3 cm³/mol. The van der Waals surface area contributed by atoms with Crippen molar-refractivity contribution in [2.75, 3.05) is 24.2 Å². The topological polar surface area (TPSA) is 66.5 Å². The van der Waals surface area contributed by atoms with Crippen LogP contribution in [-0.4, -0.2) is 43.4 Å². The zero-order valence-electron chi connectivity index (χ0n) is 10.2. The van der Waals surface area contributed by atoms with Crippen molar-refractivity contribution in [3.05, 3.63) is 30.3 Å². The van der Waals surface area contributed by atoms with Gasteiger partial charge >= 0.3 is 6.03 Å². The van der Waals surface area contributed by atoms with Crippen molar-refractivity contribution in [2.45, 2.75) is 12.2 Å². The van der Waals surface area contributed by atoms with Crippen LogP contribution in [0.3, 0.4) is 0 Å². The largest absolute Gasteiger partial charge is 0.322 e. The molecule has 1 aromatic rings. The van der Waals surface area contributed by atoms with Gasteiger partial charge in [0.05, 0.1) is 5.25 Å². The van der Waals surface area contributed by atoms with E-state index in [1.807, 2.05) is 18.2 Å². The second-order valence-electron chi connectivity index (χ2n) is 4.27. The van der Waals surface area contributed by atoms with Crippen LogP contribution in [0.5, 0.6) is 0 Å². The number of nitrogens with zero attached hydrogens (tertiary/aromatic N) is 1. The lowest BCUT2D eigenvalue weighted by Crippen LogP contribution is -2.58. The summed E-state index contributed by atoms with van der Waals surface area (Å²) < 4.78 is 23.1. The van der Waals surface area contributed by atoms with Crippen LogP contribution >= 0.6 is 0 Å². The molecule has 0 unspecified atom stereocenters. The monoisotopic (exact) mass is 268 g/mol. The quantitative estimate of drug-likeness (QED) is 0.899. The van der Waals surface area contributed by atoms with E-state index >= 15 is 0 Å². The van der Waals surface area contributed by atoms with Gasteiger partial charge in [-0.3, -0.25) is 0 Å². The van der Waals surface area contributed by atoms with Gasteiger partial charge in [-0.15, -0.1) is 0 Å². The maximum Gasteiger partial charge on any atom is 0.321 e. The highest BCUT2D eigenvalue weighted by Crippen LogP contribution is 2.18. The fraction of sp³-hybridized carbons (Fsp3) is 0.417. The molecule has 0 bridgehead atoms. The van der Waals surface area contributed by atoms with Crippen LogP contribution in [0.4, 0.5) is 10.5 Å². The second kappa shape index (κ2) is 4.97. The number of hydrogen-bond acceptors (Lipinski definition) is 3. The van der Waals surface area contributed by atoms with Gasteiger partial charge in [0.15, 0.2) is 9.84 Å². The van der Waals surface area contributed by atoms with E-state index in [0.717, 1.165) is 0 Å². The fourth-order valence-electron chi connectivity index (χ4n) is 1.79. The average Bonchev–Trinajstić information content (AvgIpc) is 2.28. The van der Waals surface area contributed by atoms with Gasteiger partial charge in [-0.25, -0.2) is 13.2 Å². The number of likely N-dealkylation sites (tertiary alicyclic amines) is 1. The fourth-order valence-corrected chi connectivity index (χ4v) is 3.08. The molecule has 1 aliphatic rings. The molecule has 1 saturated heterocycles. The van der Waals surface area contributed by atoms with E-state index in [9.17, 15) is 13.2 Å². The highest BCUT2D eigenvalue weighted by Gasteiger charge is 2.38. The van der Waals surface area contributed by atoms with Gasteiger partial charge in [-0.05, 0) is 12.1 Å². The molecular formula is C12H16N2O3S. The molecule has 98 valence electrons. The van der Waals surface area contributed by atoms with Crippen LogP contribution in [-0.2, 0) is 9.84 Å². The molecule has 2 rings (SSSR count). The lowest BCUT2D eigenvalue weighted by molar-refractivity contribution is 0.182. The maximum atomic E-state index is 11.8. The molecule has 2 amide bonds. The Balaban J connectivity index is 1.88. The second-order valence-corrected chi connectivity index (χ2v) is 6.84. The number of sulfone groups is 1. The Morgan fingerprint density at radius 1 is 1.33 bits per heavy atom. The summed E-state index contributed by atoms with van der Waals surface area (Å²) in [6, 6.07) is 8.86. The van der Waals surface area contributed by atoms with Crippen LogP contribution in [0.2, 0.25) is 0 Å². The summed E-state index contributed by atoms with van der Waals surface area (Å²) in [5.41, 5.74) is 0.712. The predicted octanol–water partition coefficient (Wildman–Crippen LogP) is 1.34. The maximum absolute atomic E-state index is 11.8. The molecular weight excluding hydrogens is 252 g/mol. The van der Waals surface area contributed by atoms with Crippen LogP contribution in [0.1, 0.15) is 6.92 Å². The van der Waals surface area contributed by atoms with Gasteiger partial charge in [0.25, 0.3) is 0 Å². The van der Waals surface area contributed by atoms with Crippen molar-refractivity contribution in [1.29, 1.82) is 0 Å². The number of benzene rings is 1. The summed E-state index contributed by atoms with van der Waals surface area (Å²) in [7, 11) is -3.02. The number of carbonyl (C=O) groups is 1. The lowest BCUT2D eigenvalue weighted by atomic mass is 10.2. The third-order valence-electron chi connectivity index (χ3n) is 3.07.